The SMILES string of the molecule is CCCCCCC.O.O.O. The fraction of sp³-hybridized carbons (Fsp3) is 1.00. The van der Waals surface area contributed by atoms with Crippen LogP contribution < -0.4 is 0 Å². The average Bonchev–Trinajstić information content (AvgIpc) is 1.69. The Bertz CT molecular complexity index is 28.0. The van der Waals surface area contributed by atoms with E-state index < -0.39 is 0 Å². The predicted octanol–water partition coefficient (Wildman–Crippen LogP) is 0.503. The van der Waals surface area contributed by atoms with Gasteiger partial charge in [0.25, 0.3) is 0 Å². The van der Waals surface area contributed by atoms with Crippen molar-refractivity contribution >= 4 is 0 Å². The summed E-state index contributed by atoms with van der Waals surface area (Å²) >= 11 is 0. The first kappa shape index (κ1) is 22.5. The molecule has 68 valence electrons. The predicted molar refractivity (Wildman–Crippen MR) is 45.3 cm³/mol. The van der Waals surface area contributed by atoms with Crippen molar-refractivity contribution < 1.29 is 16.4 Å². The first-order valence-electron chi connectivity index (χ1n) is 3.41. The Balaban J connectivity index is -0.0000000600. The molecule has 0 saturated heterocycles. The molecule has 0 fully saturated rings. The normalized spacial score (nSPS) is 6.60. The smallest absolute Gasteiger partial charge is 0.0533 e. The Hall–Kier alpha value is -0.120. The van der Waals surface area contributed by atoms with Crippen molar-refractivity contribution in [2.75, 3.05) is 0 Å². The third-order valence-electron chi connectivity index (χ3n) is 1.21. The molecule has 0 aliphatic heterocycles. The molecule has 0 heterocycles. The summed E-state index contributed by atoms with van der Waals surface area (Å²) in [5.41, 5.74) is 0. The van der Waals surface area contributed by atoms with Crippen LogP contribution in [0.25, 0.3) is 0 Å². The number of unbranched alkanes of at least 4 members (excludes halogenated alkanes) is 4. The van der Waals surface area contributed by atoms with Gasteiger partial charge in [-0.3, -0.25) is 0 Å². The Labute approximate surface area is 63.4 Å². The second kappa shape index (κ2) is 23.2. The molecule has 0 saturated carbocycles. The van der Waals surface area contributed by atoms with Gasteiger partial charge in [-0.1, -0.05) is 46.0 Å². The van der Waals surface area contributed by atoms with Gasteiger partial charge < -0.3 is 16.4 Å². The van der Waals surface area contributed by atoms with Crippen LogP contribution >= 0.6 is 0 Å². The Morgan fingerprint density at radius 1 is 0.600 bits per heavy atom. The van der Waals surface area contributed by atoms with Crippen molar-refractivity contribution in [1.29, 1.82) is 0 Å². The van der Waals surface area contributed by atoms with Crippen LogP contribution in [0, 0.1) is 0 Å². The van der Waals surface area contributed by atoms with Crippen LogP contribution in [0.5, 0.6) is 0 Å². The van der Waals surface area contributed by atoms with Gasteiger partial charge in [-0.25, -0.2) is 0 Å². The largest absolute Gasteiger partial charge is 0.412 e. The fourth-order valence-electron chi connectivity index (χ4n) is 0.677. The van der Waals surface area contributed by atoms with Gasteiger partial charge in [-0.05, 0) is 0 Å². The number of hydrogen-bond donors (Lipinski definition) is 0. The summed E-state index contributed by atoms with van der Waals surface area (Å²) in [4.78, 5) is 0. The highest BCUT2D eigenvalue weighted by atomic mass is 16.0. The van der Waals surface area contributed by atoms with Crippen LogP contribution in [0.4, 0.5) is 0 Å². The second-order valence-electron chi connectivity index (χ2n) is 2.06. The van der Waals surface area contributed by atoms with E-state index in [0.29, 0.717) is 0 Å². The van der Waals surface area contributed by atoms with Gasteiger partial charge >= 0.3 is 0 Å². The number of rotatable bonds is 4. The molecule has 0 spiro atoms. The van der Waals surface area contributed by atoms with Crippen molar-refractivity contribution in [2.24, 2.45) is 0 Å². The lowest BCUT2D eigenvalue weighted by Gasteiger charge is -1.90. The highest BCUT2D eigenvalue weighted by Gasteiger charge is 1.80. The maximum absolute atomic E-state index is 2.25. The third-order valence-corrected chi connectivity index (χ3v) is 1.21. The second-order valence-corrected chi connectivity index (χ2v) is 2.06. The highest BCUT2D eigenvalue weighted by Crippen LogP contribution is 2.00. The molecule has 0 radical (unpaired) electrons. The topological polar surface area (TPSA) is 94.5 Å². The van der Waals surface area contributed by atoms with Gasteiger partial charge in [-0.15, -0.1) is 0 Å². The molecule has 0 rings (SSSR count). The third kappa shape index (κ3) is 24.8. The summed E-state index contributed by atoms with van der Waals surface area (Å²) in [6.45, 7) is 4.49. The number of hydrogen-bond acceptors (Lipinski definition) is 0. The molecular weight excluding hydrogens is 132 g/mol. The van der Waals surface area contributed by atoms with E-state index in [1.54, 1.807) is 0 Å². The molecule has 6 N–H and O–H groups in total. The summed E-state index contributed by atoms with van der Waals surface area (Å²) in [7, 11) is 0. The molecule has 0 aromatic heterocycles. The minimum Gasteiger partial charge on any atom is -0.412 e. The van der Waals surface area contributed by atoms with Crippen LogP contribution in [0.3, 0.4) is 0 Å². The zero-order chi connectivity index (χ0) is 5.54. The lowest BCUT2D eigenvalue weighted by Crippen LogP contribution is -1.70. The maximum Gasteiger partial charge on any atom is -0.0533 e. The molecule has 0 aliphatic rings. The molecule has 3 nitrogen and oxygen atoms in total. The quantitative estimate of drug-likeness (QED) is 0.527. The Morgan fingerprint density at radius 3 is 1.10 bits per heavy atom. The maximum atomic E-state index is 2.25. The van der Waals surface area contributed by atoms with E-state index >= 15 is 0 Å². The Kier molecular flexibility index (Phi) is 52.2. The van der Waals surface area contributed by atoms with Gasteiger partial charge in [0.05, 0.1) is 0 Å². The van der Waals surface area contributed by atoms with Crippen LogP contribution in [-0.2, 0) is 0 Å². The van der Waals surface area contributed by atoms with E-state index in [1.807, 2.05) is 0 Å². The monoisotopic (exact) mass is 154 g/mol. The van der Waals surface area contributed by atoms with E-state index in [4.69, 9.17) is 0 Å². The van der Waals surface area contributed by atoms with E-state index in [9.17, 15) is 0 Å². The van der Waals surface area contributed by atoms with Crippen molar-refractivity contribution in [3.8, 4) is 0 Å². The molecule has 10 heavy (non-hydrogen) atoms. The molecule has 0 amide bonds. The standard InChI is InChI=1S/C7H16.3H2O/c1-3-5-7-6-4-2;;;/h3-7H2,1-2H3;3*1H2. The Morgan fingerprint density at radius 2 is 0.900 bits per heavy atom. The summed E-state index contributed by atoms with van der Waals surface area (Å²) < 4.78 is 0. The van der Waals surface area contributed by atoms with Crippen LogP contribution in [0.2, 0.25) is 0 Å². The first-order valence-corrected chi connectivity index (χ1v) is 3.41. The summed E-state index contributed by atoms with van der Waals surface area (Å²) in [5, 5.41) is 0. The molecule has 0 unspecified atom stereocenters. The van der Waals surface area contributed by atoms with Crippen LogP contribution in [-0.4, -0.2) is 16.4 Å². The molecule has 0 aromatic rings. The van der Waals surface area contributed by atoms with Crippen molar-refractivity contribution in [3.05, 3.63) is 0 Å². The van der Waals surface area contributed by atoms with E-state index in [0.717, 1.165) is 0 Å². The van der Waals surface area contributed by atoms with E-state index in [1.165, 1.54) is 32.1 Å². The summed E-state index contributed by atoms with van der Waals surface area (Å²) in [5.74, 6) is 0. The summed E-state index contributed by atoms with van der Waals surface area (Å²) in [6, 6.07) is 0. The van der Waals surface area contributed by atoms with Gasteiger partial charge in [0, 0.05) is 0 Å². The summed E-state index contributed by atoms with van der Waals surface area (Å²) in [6.07, 6.45) is 7.01. The minimum absolute atomic E-state index is 0. The minimum atomic E-state index is 0. The zero-order valence-electron chi connectivity index (χ0n) is 7.04. The van der Waals surface area contributed by atoms with E-state index in [-0.39, 0.29) is 16.4 Å². The molecule has 0 atom stereocenters. The molecular formula is C7H22O3. The lowest BCUT2D eigenvalue weighted by molar-refractivity contribution is 0.656. The average molecular weight is 154 g/mol. The van der Waals surface area contributed by atoms with Gasteiger partial charge in [0.2, 0.25) is 0 Å². The molecule has 0 aromatic carbocycles. The van der Waals surface area contributed by atoms with Crippen molar-refractivity contribution in [3.63, 3.8) is 0 Å². The zero-order valence-corrected chi connectivity index (χ0v) is 7.04. The molecule has 0 aliphatic carbocycles. The first-order chi connectivity index (χ1) is 3.41. The van der Waals surface area contributed by atoms with Gasteiger partial charge in [0.1, 0.15) is 0 Å². The van der Waals surface area contributed by atoms with Crippen LogP contribution in [0.15, 0.2) is 0 Å². The lowest BCUT2D eigenvalue weighted by atomic mass is 10.2. The van der Waals surface area contributed by atoms with Crippen molar-refractivity contribution in [1.82, 2.24) is 0 Å². The van der Waals surface area contributed by atoms with Gasteiger partial charge in [-0.2, -0.15) is 0 Å². The van der Waals surface area contributed by atoms with Crippen LogP contribution in [0.1, 0.15) is 46.0 Å². The van der Waals surface area contributed by atoms with Crippen molar-refractivity contribution in [2.45, 2.75) is 46.0 Å². The van der Waals surface area contributed by atoms with E-state index in [2.05, 4.69) is 13.8 Å². The molecule has 3 heteroatoms. The highest BCUT2D eigenvalue weighted by molar-refractivity contribution is 4.35. The molecule has 0 bridgehead atoms. The van der Waals surface area contributed by atoms with Gasteiger partial charge in [0.15, 0.2) is 0 Å². The fourth-order valence-corrected chi connectivity index (χ4v) is 0.677.